The molecule has 0 saturated heterocycles. The van der Waals surface area contributed by atoms with Crippen molar-refractivity contribution in [1.29, 1.82) is 0 Å². The van der Waals surface area contributed by atoms with Gasteiger partial charge in [-0.15, -0.1) is 0 Å². The highest BCUT2D eigenvalue weighted by molar-refractivity contribution is 5.74. The molecule has 0 atom stereocenters. The minimum atomic E-state index is -0.0272. The minimum Gasteiger partial charge on any atom is -0.338 e. The number of benzene rings is 1. The Morgan fingerprint density at radius 1 is 1.25 bits per heavy atom. The first-order valence-electron chi connectivity index (χ1n) is 5.93. The molecule has 2 rings (SSSR count). The van der Waals surface area contributed by atoms with E-state index in [0.717, 1.165) is 19.3 Å². The SMILES string of the molecule is O=C(NCCc1ccccc1)NC1CCC1. The third-order valence-electron chi connectivity index (χ3n) is 2.98. The fourth-order valence-corrected chi connectivity index (χ4v) is 1.75. The molecule has 3 heteroatoms. The number of urea groups is 1. The predicted molar refractivity (Wildman–Crippen MR) is 64.3 cm³/mol. The maximum Gasteiger partial charge on any atom is 0.315 e. The van der Waals surface area contributed by atoms with E-state index in [1.165, 1.54) is 12.0 Å². The van der Waals surface area contributed by atoms with Crippen LogP contribution in [0.1, 0.15) is 24.8 Å². The van der Waals surface area contributed by atoms with Crippen molar-refractivity contribution in [3.63, 3.8) is 0 Å². The molecule has 0 aliphatic heterocycles. The predicted octanol–water partition coefficient (Wildman–Crippen LogP) is 2.08. The maximum absolute atomic E-state index is 11.4. The van der Waals surface area contributed by atoms with E-state index < -0.39 is 0 Å². The van der Waals surface area contributed by atoms with E-state index in [4.69, 9.17) is 0 Å². The highest BCUT2D eigenvalue weighted by atomic mass is 16.2. The van der Waals surface area contributed by atoms with E-state index in [2.05, 4.69) is 22.8 Å². The lowest BCUT2D eigenvalue weighted by Crippen LogP contribution is -2.45. The molecule has 1 aromatic carbocycles. The number of carbonyl (C=O) groups is 1. The number of rotatable bonds is 4. The van der Waals surface area contributed by atoms with Gasteiger partial charge in [0.05, 0.1) is 0 Å². The zero-order valence-electron chi connectivity index (χ0n) is 9.41. The number of carbonyl (C=O) groups excluding carboxylic acids is 1. The molecule has 0 bridgehead atoms. The molecule has 86 valence electrons. The smallest absolute Gasteiger partial charge is 0.315 e. The standard InChI is InChI=1S/C13H18N2O/c16-13(15-12-7-4-8-12)14-10-9-11-5-2-1-3-6-11/h1-3,5-6,12H,4,7-10H2,(H2,14,15,16). The minimum absolute atomic E-state index is 0.0272. The molecular formula is C13H18N2O. The van der Waals surface area contributed by atoms with Gasteiger partial charge in [-0.25, -0.2) is 4.79 Å². The van der Waals surface area contributed by atoms with E-state index in [1.807, 2.05) is 18.2 Å². The van der Waals surface area contributed by atoms with Crippen LogP contribution in [0.4, 0.5) is 4.79 Å². The lowest BCUT2D eigenvalue weighted by atomic mass is 9.93. The van der Waals surface area contributed by atoms with Gasteiger partial charge in [0.1, 0.15) is 0 Å². The van der Waals surface area contributed by atoms with Gasteiger partial charge in [-0.3, -0.25) is 0 Å². The summed E-state index contributed by atoms with van der Waals surface area (Å²) in [5.74, 6) is 0. The van der Waals surface area contributed by atoms with Crippen LogP contribution in [-0.2, 0) is 6.42 Å². The Labute approximate surface area is 96.2 Å². The molecule has 3 nitrogen and oxygen atoms in total. The molecule has 1 aliphatic rings. The molecule has 2 N–H and O–H groups in total. The summed E-state index contributed by atoms with van der Waals surface area (Å²) in [5.41, 5.74) is 1.26. The third kappa shape index (κ3) is 3.26. The summed E-state index contributed by atoms with van der Waals surface area (Å²) in [6, 6.07) is 10.6. The quantitative estimate of drug-likeness (QED) is 0.798. The second kappa shape index (κ2) is 5.54. The summed E-state index contributed by atoms with van der Waals surface area (Å²) in [6.45, 7) is 0.697. The van der Waals surface area contributed by atoms with Gasteiger partial charge in [0, 0.05) is 12.6 Å². The van der Waals surface area contributed by atoms with Gasteiger partial charge >= 0.3 is 6.03 Å². The number of nitrogens with one attached hydrogen (secondary N) is 2. The topological polar surface area (TPSA) is 41.1 Å². The van der Waals surface area contributed by atoms with Crippen molar-refractivity contribution < 1.29 is 4.79 Å². The van der Waals surface area contributed by atoms with Crippen LogP contribution in [0.3, 0.4) is 0 Å². The molecular weight excluding hydrogens is 200 g/mol. The lowest BCUT2D eigenvalue weighted by Gasteiger charge is -2.26. The number of amides is 2. The van der Waals surface area contributed by atoms with Gasteiger partial charge in [0.15, 0.2) is 0 Å². The molecule has 1 fully saturated rings. The van der Waals surface area contributed by atoms with E-state index >= 15 is 0 Å². The van der Waals surface area contributed by atoms with E-state index in [-0.39, 0.29) is 6.03 Å². The van der Waals surface area contributed by atoms with Gasteiger partial charge < -0.3 is 10.6 Å². The fraction of sp³-hybridized carbons (Fsp3) is 0.462. The second-order valence-electron chi connectivity index (χ2n) is 4.26. The van der Waals surface area contributed by atoms with E-state index in [9.17, 15) is 4.79 Å². The molecule has 1 aliphatic carbocycles. The van der Waals surface area contributed by atoms with Crippen LogP contribution in [0, 0.1) is 0 Å². The van der Waals surface area contributed by atoms with Gasteiger partial charge in [-0.1, -0.05) is 30.3 Å². The summed E-state index contributed by atoms with van der Waals surface area (Å²) < 4.78 is 0. The van der Waals surface area contributed by atoms with Crippen molar-refractivity contribution in [2.75, 3.05) is 6.54 Å². The Balaban J connectivity index is 1.62. The molecule has 1 aromatic rings. The Hall–Kier alpha value is -1.51. The van der Waals surface area contributed by atoms with Crippen LogP contribution in [0.15, 0.2) is 30.3 Å². The largest absolute Gasteiger partial charge is 0.338 e. The van der Waals surface area contributed by atoms with Gasteiger partial charge in [-0.2, -0.15) is 0 Å². The normalized spacial score (nSPS) is 15.2. The van der Waals surface area contributed by atoms with Crippen molar-refractivity contribution in [2.45, 2.75) is 31.7 Å². The van der Waals surface area contributed by atoms with Crippen molar-refractivity contribution in [1.82, 2.24) is 10.6 Å². The first-order valence-corrected chi connectivity index (χ1v) is 5.93. The first-order chi connectivity index (χ1) is 7.84. The fourth-order valence-electron chi connectivity index (χ4n) is 1.75. The van der Waals surface area contributed by atoms with Gasteiger partial charge in [0.25, 0.3) is 0 Å². The average molecular weight is 218 g/mol. The van der Waals surface area contributed by atoms with Crippen molar-refractivity contribution in [3.05, 3.63) is 35.9 Å². The molecule has 16 heavy (non-hydrogen) atoms. The molecule has 2 amide bonds. The number of hydrogen-bond acceptors (Lipinski definition) is 1. The summed E-state index contributed by atoms with van der Waals surface area (Å²) in [4.78, 5) is 11.4. The molecule has 0 unspecified atom stereocenters. The van der Waals surface area contributed by atoms with Gasteiger partial charge in [0.2, 0.25) is 0 Å². The van der Waals surface area contributed by atoms with Crippen LogP contribution in [0.2, 0.25) is 0 Å². The summed E-state index contributed by atoms with van der Waals surface area (Å²) in [7, 11) is 0. The molecule has 0 spiro atoms. The molecule has 0 aromatic heterocycles. The molecule has 0 heterocycles. The van der Waals surface area contributed by atoms with Crippen molar-refractivity contribution in [3.8, 4) is 0 Å². The summed E-state index contributed by atoms with van der Waals surface area (Å²) >= 11 is 0. The Bertz CT molecular complexity index is 333. The molecule has 1 saturated carbocycles. The van der Waals surface area contributed by atoms with Crippen molar-refractivity contribution in [2.24, 2.45) is 0 Å². The van der Waals surface area contributed by atoms with E-state index in [0.29, 0.717) is 12.6 Å². The van der Waals surface area contributed by atoms with Crippen LogP contribution in [0.25, 0.3) is 0 Å². The number of hydrogen-bond donors (Lipinski definition) is 2. The first kappa shape index (κ1) is 11.0. The van der Waals surface area contributed by atoms with Crippen LogP contribution < -0.4 is 10.6 Å². The third-order valence-corrected chi connectivity index (χ3v) is 2.98. The Morgan fingerprint density at radius 2 is 2.00 bits per heavy atom. The lowest BCUT2D eigenvalue weighted by molar-refractivity contribution is 0.228. The van der Waals surface area contributed by atoms with Crippen LogP contribution in [0.5, 0.6) is 0 Å². The monoisotopic (exact) mass is 218 g/mol. The summed E-state index contributed by atoms with van der Waals surface area (Å²) in [5, 5.41) is 5.83. The highest BCUT2D eigenvalue weighted by Crippen LogP contribution is 2.17. The second-order valence-corrected chi connectivity index (χ2v) is 4.26. The zero-order chi connectivity index (χ0) is 11.2. The molecule has 0 radical (unpaired) electrons. The zero-order valence-corrected chi connectivity index (χ0v) is 9.41. The maximum atomic E-state index is 11.4. The highest BCUT2D eigenvalue weighted by Gasteiger charge is 2.18. The Kier molecular flexibility index (Phi) is 3.81. The van der Waals surface area contributed by atoms with E-state index in [1.54, 1.807) is 0 Å². The summed E-state index contributed by atoms with van der Waals surface area (Å²) in [6.07, 6.45) is 4.39. The Morgan fingerprint density at radius 3 is 2.62 bits per heavy atom. The van der Waals surface area contributed by atoms with Gasteiger partial charge in [-0.05, 0) is 31.2 Å². The van der Waals surface area contributed by atoms with Crippen molar-refractivity contribution >= 4 is 6.03 Å². The van der Waals surface area contributed by atoms with Crippen LogP contribution in [-0.4, -0.2) is 18.6 Å². The van der Waals surface area contributed by atoms with Crippen LogP contribution >= 0.6 is 0 Å². The average Bonchev–Trinajstić information content (AvgIpc) is 2.25.